The van der Waals surface area contributed by atoms with Crippen LogP contribution in [0.15, 0.2) is 5.38 Å². The molecule has 5 nitrogen and oxygen atoms in total. The number of nitrogens with two attached hydrogens (primary N) is 1. The summed E-state index contributed by atoms with van der Waals surface area (Å²) in [5.74, 6) is 0.349. The third kappa shape index (κ3) is 3.99. The van der Waals surface area contributed by atoms with Crippen molar-refractivity contribution in [2.75, 3.05) is 26.2 Å². The second kappa shape index (κ2) is 6.98. The van der Waals surface area contributed by atoms with Crippen molar-refractivity contribution < 1.29 is 9.53 Å². The maximum Gasteiger partial charge on any atom is 0.367 e. The van der Waals surface area contributed by atoms with Crippen LogP contribution in [0.1, 0.15) is 35.3 Å². The summed E-state index contributed by atoms with van der Waals surface area (Å²) in [5.41, 5.74) is 6.64. The molecule has 0 unspecified atom stereocenters. The zero-order valence-electron chi connectivity index (χ0n) is 11.3. The number of esters is 1. The molecule has 6 heteroatoms. The van der Waals surface area contributed by atoms with Crippen LogP contribution in [-0.4, -0.2) is 42.1 Å². The van der Waals surface area contributed by atoms with Crippen molar-refractivity contribution in [3.05, 3.63) is 16.1 Å². The van der Waals surface area contributed by atoms with Crippen molar-refractivity contribution in [2.45, 2.75) is 26.3 Å². The summed E-state index contributed by atoms with van der Waals surface area (Å²) in [6.07, 6.45) is 2.32. The summed E-state index contributed by atoms with van der Waals surface area (Å²) in [7, 11) is 0. The molecule has 0 atom stereocenters. The van der Waals surface area contributed by atoms with Crippen LogP contribution in [0.3, 0.4) is 0 Å². The molecule has 0 spiro atoms. The Kier molecular flexibility index (Phi) is 5.30. The number of thiazole rings is 1. The summed E-state index contributed by atoms with van der Waals surface area (Å²) < 4.78 is 4.94. The second-order valence-corrected chi connectivity index (χ2v) is 5.68. The fourth-order valence-corrected chi connectivity index (χ4v) is 2.98. The lowest BCUT2D eigenvalue weighted by Gasteiger charge is -2.30. The van der Waals surface area contributed by atoms with Gasteiger partial charge in [-0.1, -0.05) is 0 Å². The molecule has 19 heavy (non-hydrogen) atoms. The van der Waals surface area contributed by atoms with Gasteiger partial charge < -0.3 is 10.5 Å². The molecule has 1 aromatic rings. The van der Waals surface area contributed by atoms with E-state index < -0.39 is 0 Å². The van der Waals surface area contributed by atoms with Gasteiger partial charge in [0.05, 0.1) is 12.3 Å². The van der Waals surface area contributed by atoms with Gasteiger partial charge in [-0.25, -0.2) is 9.78 Å². The molecule has 1 saturated heterocycles. The molecule has 0 amide bonds. The standard InChI is InChI=1S/C13H21N3O2S/c1-2-18-13(17)12-15-11(9-19-12)8-16-5-3-10(7-14)4-6-16/h9-10H,2-8,14H2,1H3. The lowest BCUT2D eigenvalue weighted by atomic mass is 9.97. The smallest absolute Gasteiger partial charge is 0.367 e. The average molecular weight is 283 g/mol. The number of piperidine rings is 1. The molecule has 1 aliphatic rings. The summed E-state index contributed by atoms with van der Waals surface area (Å²) in [4.78, 5) is 18.2. The van der Waals surface area contributed by atoms with Gasteiger partial charge in [0.15, 0.2) is 0 Å². The highest BCUT2D eigenvalue weighted by Gasteiger charge is 2.19. The summed E-state index contributed by atoms with van der Waals surface area (Å²) in [6.45, 7) is 5.92. The Morgan fingerprint density at radius 3 is 2.95 bits per heavy atom. The predicted octanol–water partition coefficient (Wildman–Crippen LogP) is 1.49. The minimum Gasteiger partial charge on any atom is -0.461 e. The third-order valence-electron chi connectivity index (χ3n) is 3.43. The van der Waals surface area contributed by atoms with Crippen LogP contribution in [0.25, 0.3) is 0 Å². The largest absolute Gasteiger partial charge is 0.461 e. The predicted molar refractivity (Wildman–Crippen MR) is 75.1 cm³/mol. The summed E-state index contributed by atoms with van der Waals surface area (Å²) >= 11 is 1.36. The van der Waals surface area contributed by atoms with E-state index in [1.54, 1.807) is 6.92 Å². The topological polar surface area (TPSA) is 68.5 Å². The molecule has 1 aromatic heterocycles. The lowest BCUT2D eigenvalue weighted by Crippen LogP contribution is -2.35. The van der Waals surface area contributed by atoms with E-state index in [1.807, 2.05) is 5.38 Å². The molecule has 0 aromatic carbocycles. The molecule has 2 heterocycles. The highest BCUT2D eigenvalue weighted by molar-refractivity contribution is 7.11. The first-order valence-corrected chi connectivity index (χ1v) is 7.64. The van der Waals surface area contributed by atoms with Gasteiger partial charge >= 0.3 is 5.97 Å². The number of nitrogens with zero attached hydrogens (tertiary/aromatic N) is 2. The molecule has 0 saturated carbocycles. The number of carbonyl (C=O) groups excluding carboxylic acids is 1. The van der Waals surface area contributed by atoms with E-state index in [0.717, 1.165) is 44.7 Å². The Morgan fingerprint density at radius 1 is 1.58 bits per heavy atom. The molecule has 1 aliphatic heterocycles. The first-order valence-electron chi connectivity index (χ1n) is 6.76. The van der Waals surface area contributed by atoms with Gasteiger partial charge in [0.1, 0.15) is 0 Å². The van der Waals surface area contributed by atoms with Crippen LogP contribution in [0.4, 0.5) is 0 Å². The van der Waals surface area contributed by atoms with E-state index in [2.05, 4.69) is 9.88 Å². The summed E-state index contributed by atoms with van der Waals surface area (Å²) in [5, 5.41) is 2.40. The van der Waals surface area contributed by atoms with Gasteiger partial charge in [-0.05, 0) is 45.3 Å². The van der Waals surface area contributed by atoms with Crippen LogP contribution in [-0.2, 0) is 11.3 Å². The maximum atomic E-state index is 11.5. The quantitative estimate of drug-likeness (QED) is 0.829. The highest BCUT2D eigenvalue weighted by atomic mass is 32.1. The number of aromatic nitrogens is 1. The molecular weight excluding hydrogens is 262 g/mol. The zero-order valence-corrected chi connectivity index (χ0v) is 12.1. The van der Waals surface area contributed by atoms with Crippen LogP contribution < -0.4 is 5.73 Å². The minimum atomic E-state index is -0.319. The zero-order chi connectivity index (χ0) is 13.7. The SMILES string of the molecule is CCOC(=O)c1nc(CN2CCC(CN)CC2)cs1. The maximum absolute atomic E-state index is 11.5. The van der Waals surface area contributed by atoms with Gasteiger partial charge in [0.25, 0.3) is 0 Å². The fourth-order valence-electron chi connectivity index (χ4n) is 2.28. The van der Waals surface area contributed by atoms with Crippen molar-refractivity contribution in [3.63, 3.8) is 0 Å². The van der Waals surface area contributed by atoms with Crippen LogP contribution in [0, 0.1) is 5.92 Å². The molecule has 0 bridgehead atoms. The fraction of sp³-hybridized carbons (Fsp3) is 0.692. The molecule has 2 rings (SSSR count). The Balaban J connectivity index is 1.85. The first kappa shape index (κ1) is 14.4. The van der Waals surface area contributed by atoms with E-state index in [9.17, 15) is 4.79 Å². The number of ether oxygens (including phenoxy) is 1. The minimum absolute atomic E-state index is 0.319. The van der Waals surface area contributed by atoms with Crippen LogP contribution in [0.2, 0.25) is 0 Å². The average Bonchev–Trinajstić information content (AvgIpc) is 2.88. The number of hydrogen-bond donors (Lipinski definition) is 1. The molecule has 1 fully saturated rings. The van der Waals surface area contributed by atoms with Crippen LogP contribution >= 0.6 is 11.3 Å². The molecule has 106 valence electrons. The number of hydrogen-bond acceptors (Lipinski definition) is 6. The second-order valence-electron chi connectivity index (χ2n) is 4.82. The number of rotatable bonds is 5. The van der Waals surface area contributed by atoms with E-state index in [-0.39, 0.29) is 5.97 Å². The van der Waals surface area contributed by atoms with E-state index >= 15 is 0 Å². The normalized spacial score (nSPS) is 17.6. The van der Waals surface area contributed by atoms with Crippen molar-refractivity contribution in [1.82, 2.24) is 9.88 Å². The van der Waals surface area contributed by atoms with Crippen molar-refractivity contribution in [3.8, 4) is 0 Å². The van der Waals surface area contributed by atoms with Crippen molar-refractivity contribution in [2.24, 2.45) is 11.7 Å². The van der Waals surface area contributed by atoms with Crippen molar-refractivity contribution >= 4 is 17.3 Å². The van der Waals surface area contributed by atoms with Gasteiger partial charge in [-0.2, -0.15) is 0 Å². The van der Waals surface area contributed by atoms with Gasteiger partial charge in [0, 0.05) is 11.9 Å². The highest BCUT2D eigenvalue weighted by Crippen LogP contribution is 2.19. The first-order chi connectivity index (χ1) is 9.22. The van der Waals surface area contributed by atoms with Crippen molar-refractivity contribution in [1.29, 1.82) is 0 Å². The van der Waals surface area contributed by atoms with Crippen LogP contribution in [0.5, 0.6) is 0 Å². The van der Waals surface area contributed by atoms with Gasteiger partial charge in [0.2, 0.25) is 5.01 Å². The lowest BCUT2D eigenvalue weighted by molar-refractivity contribution is 0.0525. The Bertz CT molecular complexity index is 414. The third-order valence-corrected chi connectivity index (χ3v) is 4.30. The Morgan fingerprint density at radius 2 is 2.32 bits per heavy atom. The molecule has 2 N–H and O–H groups in total. The van der Waals surface area contributed by atoms with Gasteiger partial charge in [-0.3, -0.25) is 4.90 Å². The molecule has 0 radical (unpaired) electrons. The van der Waals surface area contributed by atoms with Gasteiger partial charge in [-0.15, -0.1) is 11.3 Å². The molecule has 0 aliphatic carbocycles. The Labute approximate surface area is 117 Å². The number of carbonyl (C=O) groups is 1. The molecular formula is C13H21N3O2S. The Hall–Kier alpha value is -0.980. The monoisotopic (exact) mass is 283 g/mol. The summed E-state index contributed by atoms with van der Waals surface area (Å²) in [6, 6.07) is 0. The van der Waals surface area contributed by atoms with E-state index in [1.165, 1.54) is 11.3 Å². The van der Waals surface area contributed by atoms with E-state index in [0.29, 0.717) is 17.5 Å². The number of likely N-dealkylation sites (tertiary alicyclic amines) is 1. The van der Waals surface area contributed by atoms with E-state index in [4.69, 9.17) is 10.5 Å².